The number of ether oxygens (including phenoxy) is 1. The molecule has 1 aromatic carbocycles. The van der Waals surface area contributed by atoms with Crippen LogP contribution in [0.5, 0.6) is 5.75 Å². The van der Waals surface area contributed by atoms with Crippen molar-refractivity contribution in [3.05, 3.63) is 33.8 Å². The van der Waals surface area contributed by atoms with E-state index < -0.39 is 5.97 Å². The fourth-order valence-electron chi connectivity index (χ4n) is 1.49. The highest BCUT2D eigenvalue weighted by Crippen LogP contribution is 2.36. The van der Waals surface area contributed by atoms with Crippen LogP contribution in [0.15, 0.2) is 18.2 Å². The van der Waals surface area contributed by atoms with E-state index in [1.165, 1.54) is 0 Å². The zero-order chi connectivity index (χ0) is 13.7. The summed E-state index contributed by atoms with van der Waals surface area (Å²) in [6, 6.07) is 3.31. The van der Waals surface area contributed by atoms with Gasteiger partial charge in [-0.05, 0) is 31.6 Å². The van der Waals surface area contributed by atoms with Crippen LogP contribution in [-0.2, 0) is 4.79 Å². The van der Waals surface area contributed by atoms with Crippen LogP contribution in [0.2, 0.25) is 10.0 Å². The summed E-state index contributed by atoms with van der Waals surface area (Å²) in [5.41, 5.74) is 1.49. The Kier molecular flexibility index (Phi) is 5.51. The number of hydrogen-bond acceptors (Lipinski definition) is 2. The maximum absolute atomic E-state index is 10.6. The van der Waals surface area contributed by atoms with Gasteiger partial charge in [0.15, 0.2) is 0 Å². The summed E-state index contributed by atoms with van der Waals surface area (Å²) in [5, 5.41) is 9.57. The van der Waals surface area contributed by atoms with Gasteiger partial charge in [0.2, 0.25) is 0 Å². The van der Waals surface area contributed by atoms with Crippen molar-refractivity contribution in [3.8, 4) is 5.75 Å². The predicted molar refractivity (Wildman–Crippen MR) is 73.5 cm³/mol. The third-order valence-corrected chi connectivity index (χ3v) is 2.80. The fourth-order valence-corrected chi connectivity index (χ4v) is 2.04. The van der Waals surface area contributed by atoms with E-state index in [-0.39, 0.29) is 6.42 Å². The first kappa shape index (κ1) is 14.9. The molecule has 18 heavy (non-hydrogen) atoms. The number of halogens is 2. The summed E-state index contributed by atoms with van der Waals surface area (Å²) < 4.78 is 5.47. The van der Waals surface area contributed by atoms with Crippen molar-refractivity contribution < 1.29 is 14.6 Å². The highest BCUT2D eigenvalue weighted by atomic mass is 35.5. The van der Waals surface area contributed by atoms with Gasteiger partial charge in [-0.1, -0.05) is 29.3 Å². The minimum atomic E-state index is -0.888. The van der Waals surface area contributed by atoms with Crippen LogP contribution in [0.4, 0.5) is 0 Å². The van der Waals surface area contributed by atoms with Crippen LogP contribution < -0.4 is 4.74 Å². The lowest BCUT2D eigenvalue weighted by Crippen LogP contribution is -1.97. The fraction of sp³-hybridized carbons (Fsp3) is 0.308. The molecule has 1 N–H and O–H groups in total. The van der Waals surface area contributed by atoms with Gasteiger partial charge < -0.3 is 9.84 Å². The molecule has 0 heterocycles. The molecular weight excluding hydrogens is 275 g/mol. The molecule has 5 heteroatoms. The first-order valence-corrected chi connectivity index (χ1v) is 6.22. The SMILES string of the molecule is CCOc1c(Cl)cc(Cl)cc1/C(C)=C/CC(=O)O. The summed E-state index contributed by atoms with van der Waals surface area (Å²) in [7, 11) is 0. The molecule has 0 atom stereocenters. The van der Waals surface area contributed by atoms with Crippen LogP contribution in [-0.4, -0.2) is 17.7 Å². The quantitative estimate of drug-likeness (QED) is 0.880. The van der Waals surface area contributed by atoms with E-state index in [2.05, 4.69) is 0 Å². The van der Waals surface area contributed by atoms with E-state index in [1.807, 2.05) is 6.92 Å². The van der Waals surface area contributed by atoms with Gasteiger partial charge in [0.25, 0.3) is 0 Å². The van der Waals surface area contributed by atoms with Crippen molar-refractivity contribution in [2.45, 2.75) is 20.3 Å². The van der Waals surface area contributed by atoms with Crippen molar-refractivity contribution in [1.29, 1.82) is 0 Å². The van der Waals surface area contributed by atoms with Crippen LogP contribution >= 0.6 is 23.2 Å². The summed E-state index contributed by atoms with van der Waals surface area (Å²) in [4.78, 5) is 10.6. The molecule has 0 saturated heterocycles. The summed E-state index contributed by atoms with van der Waals surface area (Å²) in [6.45, 7) is 4.12. The van der Waals surface area contributed by atoms with Gasteiger partial charge >= 0.3 is 5.97 Å². The van der Waals surface area contributed by atoms with Gasteiger partial charge in [-0.15, -0.1) is 0 Å². The van der Waals surface area contributed by atoms with Gasteiger partial charge in [-0.25, -0.2) is 0 Å². The van der Waals surface area contributed by atoms with Gasteiger partial charge in [-0.3, -0.25) is 4.79 Å². The van der Waals surface area contributed by atoms with Crippen molar-refractivity contribution >= 4 is 34.7 Å². The van der Waals surface area contributed by atoms with E-state index in [4.69, 9.17) is 33.0 Å². The lowest BCUT2D eigenvalue weighted by Gasteiger charge is -2.13. The minimum Gasteiger partial charge on any atom is -0.492 e. The van der Waals surface area contributed by atoms with Crippen molar-refractivity contribution in [2.24, 2.45) is 0 Å². The molecular formula is C13H14Cl2O3. The third-order valence-electron chi connectivity index (χ3n) is 2.30. The lowest BCUT2D eigenvalue weighted by molar-refractivity contribution is -0.135. The lowest BCUT2D eigenvalue weighted by atomic mass is 10.1. The number of hydrogen-bond donors (Lipinski definition) is 1. The average Bonchev–Trinajstić information content (AvgIpc) is 2.29. The zero-order valence-corrected chi connectivity index (χ0v) is 11.7. The number of carboxylic acid groups (broad SMARTS) is 1. The molecule has 98 valence electrons. The molecule has 0 spiro atoms. The molecule has 0 aliphatic carbocycles. The van der Waals surface area contributed by atoms with E-state index in [1.54, 1.807) is 25.1 Å². The number of rotatable bonds is 5. The van der Waals surface area contributed by atoms with Gasteiger partial charge in [-0.2, -0.15) is 0 Å². The smallest absolute Gasteiger partial charge is 0.307 e. The number of aliphatic carboxylic acids is 1. The molecule has 1 rings (SSSR count). The molecule has 0 radical (unpaired) electrons. The molecule has 0 aliphatic heterocycles. The van der Waals surface area contributed by atoms with E-state index in [9.17, 15) is 4.79 Å². The first-order chi connectivity index (χ1) is 8.45. The van der Waals surface area contributed by atoms with Crippen LogP contribution in [0, 0.1) is 0 Å². The molecule has 0 aromatic heterocycles. The summed E-state index contributed by atoms with van der Waals surface area (Å²) >= 11 is 12.0. The standard InChI is InChI=1S/C13H14Cl2O3/c1-3-18-13-10(6-9(14)7-11(13)15)8(2)4-5-12(16)17/h4,6-7H,3,5H2,1-2H3,(H,16,17)/b8-4+. The molecule has 0 amide bonds. The maximum Gasteiger partial charge on any atom is 0.307 e. The maximum atomic E-state index is 10.6. The second kappa shape index (κ2) is 6.66. The van der Waals surface area contributed by atoms with Crippen molar-refractivity contribution in [3.63, 3.8) is 0 Å². The van der Waals surface area contributed by atoms with Crippen molar-refractivity contribution in [2.75, 3.05) is 6.61 Å². The second-order valence-electron chi connectivity index (χ2n) is 3.68. The van der Waals surface area contributed by atoms with Gasteiger partial charge in [0, 0.05) is 10.6 Å². The van der Waals surface area contributed by atoms with E-state index >= 15 is 0 Å². The topological polar surface area (TPSA) is 46.5 Å². The Morgan fingerprint density at radius 3 is 2.67 bits per heavy atom. The average molecular weight is 289 g/mol. The third kappa shape index (κ3) is 3.93. The molecule has 3 nitrogen and oxygen atoms in total. The minimum absolute atomic E-state index is 0.0540. The predicted octanol–water partition coefficient (Wildman–Crippen LogP) is 4.27. The van der Waals surface area contributed by atoms with Crippen molar-refractivity contribution in [1.82, 2.24) is 0 Å². The zero-order valence-electron chi connectivity index (χ0n) is 10.2. The van der Waals surface area contributed by atoms with Crippen LogP contribution in [0.25, 0.3) is 5.57 Å². The Labute approximate surface area is 116 Å². The van der Waals surface area contributed by atoms with Crippen LogP contribution in [0.1, 0.15) is 25.8 Å². The van der Waals surface area contributed by atoms with Gasteiger partial charge in [0.05, 0.1) is 18.1 Å². The number of allylic oxidation sites excluding steroid dienone is 1. The molecule has 1 aromatic rings. The first-order valence-electron chi connectivity index (χ1n) is 5.46. The van der Waals surface area contributed by atoms with E-state index in [0.717, 1.165) is 11.1 Å². The van der Waals surface area contributed by atoms with Gasteiger partial charge in [0.1, 0.15) is 5.75 Å². The Morgan fingerprint density at radius 2 is 2.11 bits per heavy atom. The molecule has 0 aliphatic rings. The van der Waals surface area contributed by atoms with E-state index in [0.29, 0.717) is 22.4 Å². The second-order valence-corrected chi connectivity index (χ2v) is 4.53. The molecule has 0 saturated carbocycles. The number of carbonyl (C=O) groups is 1. The Bertz CT molecular complexity index is 481. The summed E-state index contributed by atoms with van der Waals surface area (Å²) in [5.74, 6) is -0.358. The Morgan fingerprint density at radius 1 is 1.44 bits per heavy atom. The number of carboxylic acids is 1. The molecule has 0 unspecified atom stereocenters. The molecule has 0 bridgehead atoms. The largest absolute Gasteiger partial charge is 0.492 e. The Hall–Kier alpha value is -1.19. The summed E-state index contributed by atoms with van der Waals surface area (Å²) in [6.07, 6.45) is 1.55. The Balaban J connectivity index is 3.20. The molecule has 0 fully saturated rings. The highest BCUT2D eigenvalue weighted by Gasteiger charge is 2.12. The monoisotopic (exact) mass is 288 g/mol. The number of benzene rings is 1. The van der Waals surface area contributed by atoms with Crippen LogP contribution in [0.3, 0.4) is 0 Å². The normalized spacial score (nSPS) is 11.4. The highest BCUT2D eigenvalue weighted by molar-refractivity contribution is 6.36.